The standard InChI is InChI=1S/C20H19N5O2S/c1-14(15-4-6-16(7-5-15)25-11-10-21-13-25)22-18(26)8-9-19-23-20(24-27-19)17-3-2-12-28-17/h2-7,10-14H,8-9H2,1H3,(H,22,26). The van der Waals surface area contributed by atoms with Crippen LogP contribution < -0.4 is 5.32 Å². The van der Waals surface area contributed by atoms with Gasteiger partial charge in [-0.15, -0.1) is 11.3 Å². The molecule has 7 nitrogen and oxygen atoms in total. The van der Waals surface area contributed by atoms with Crippen LogP contribution in [0, 0.1) is 0 Å². The lowest BCUT2D eigenvalue weighted by molar-refractivity contribution is -0.121. The first kappa shape index (κ1) is 18.1. The first-order valence-electron chi connectivity index (χ1n) is 8.93. The van der Waals surface area contributed by atoms with Gasteiger partial charge in [-0.3, -0.25) is 4.79 Å². The minimum absolute atomic E-state index is 0.0536. The molecular weight excluding hydrogens is 374 g/mol. The second-order valence-corrected chi connectivity index (χ2v) is 7.29. The molecule has 0 bridgehead atoms. The molecule has 0 aliphatic carbocycles. The van der Waals surface area contributed by atoms with Crippen LogP contribution in [0.5, 0.6) is 0 Å². The highest BCUT2D eigenvalue weighted by Crippen LogP contribution is 2.21. The summed E-state index contributed by atoms with van der Waals surface area (Å²) in [6, 6.07) is 11.8. The van der Waals surface area contributed by atoms with Crippen molar-refractivity contribution >= 4 is 17.2 Å². The Morgan fingerprint density at radius 1 is 1.29 bits per heavy atom. The molecule has 0 saturated heterocycles. The number of imidazole rings is 1. The first-order valence-corrected chi connectivity index (χ1v) is 9.81. The molecule has 1 N–H and O–H groups in total. The quantitative estimate of drug-likeness (QED) is 0.516. The van der Waals surface area contributed by atoms with Crippen LogP contribution >= 0.6 is 11.3 Å². The Bertz CT molecular complexity index is 1020. The van der Waals surface area contributed by atoms with Crippen molar-refractivity contribution < 1.29 is 9.32 Å². The van der Waals surface area contributed by atoms with Gasteiger partial charge >= 0.3 is 0 Å². The van der Waals surface area contributed by atoms with Crippen LogP contribution in [0.4, 0.5) is 0 Å². The van der Waals surface area contributed by atoms with Gasteiger partial charge in [0.25, 0.3) is 0 Å². The molecule has 4 aromatic rings. The van der Waals surface area contributed by atoms with Crippen molar-refractivity contribution in [3.05, 3.63) is 72.0 Å². The van der Waals surface area contributed by atoms with E-state index in [0.717, 1.165) is 16.1 Å². The molecule has 28 heavy (non-hydrogen) atoms. The summed E-state index contributed by atoms with van der Waals surface area (Å²) in [6.07, 6.45) is 6.09. The Hall–Kier alpha value is -3.26. The molecule has 0 spiro atoms. The summed E-state index contributed by atoms with van der Waals surface area (Å²) in [7, 11) is 0. The molecular formula is C20H19N5O2S. The van der Waals surface area contributed by atoms with Gasteiger partial charge in [0.1, 0.15) is 0 Å². The third-order valence-corrected chi connectivity index (χ3v) is 5.21. The topological polar surface area (TPSA) is 85.8 Å². The minimum atomic E-state index is -0.0892. The van der Waals surface area contributed by atoms with E-state index in [1.165, 1.54) is 0 Å². The first-order chi connectivity index (χ1) is 13.7. The van der Waals surface area contributed by atoms with E-state index in [1.54, 1.807) is 23.9 Å². The van der Waals surface area contributed by atoms with Crippen molar-refractivity contribution in [2.75, 3.05) is 0 Å². The Balaban J connectivity index is 1.30. The van der Waals surface area contributed by atoms with Crippen molar-refractivity contribution in [3.63, 3.8) is 0 Å². The van der Waals surface area contributed by atoms with Crippen LogP contribution in [0.3, 0.4) is 0 Å². The highest BCUT2D eigenvalue weighted by Gasteiger charge is 2.13. The Kier molecular flexibility index (Phi) is 5.29. The zero-order chi connectivity index (χ0) is 19.3. The Labute approximate surface area is 166 Å². The predicted octanol–water partition coefficient (Wildman–Crippen LogP) is 3.79. The van der Waals surface area contributed by atoms with Gasteiger partial charge in [-0.1, -0.05) is 23.4 Å². The third kappa shape index (κ3) is 4.17. The summed E-state index contributed by atoms with van der Waals surface area (Å²) in [4.78, 5) is 21.6. The van der Waals surface area contributed by atoms with Gasteiger partial charge in [-0.2, -0.15) is 4.98 Å². The minimum Gasteiger partial charge on any atom is -0.350 e. The summed E-state index contributed by atoms with van der Waals surface area (Å²) >= 11 is 1.55. The lowest BCUT2D eigenvalue weighted by Crippen LogP contribution is -2.26. The average molecular weight is 393 g/mol. The van der Waals surface area contributed by atoms with Crippen molar-refractivity contribution in [2.45, 2.75) is 25.8 Å². The molecule has 1 atom stereocenters. The number of nitrogens with one attached hydrogen (secondary N) is 1. The molecule has 4 rings (SSSR count). The molecule has 8 heteroatoms. The molecule has 3 heterocycles. The van der Waals surface area contributed by atoms with E-state index < -0.39 is 0 Å². The molecule has 142 valence electrons. The van der Waals surface area contributed by atoms with Gasteiger partial charge in [0, 0.05) is 30.9 Å². The van der Waals surface area contributed by atoms with Crippen LogP contribution in [-0.4, -0.2) is 25.6 Å². The molecule has 0 saturated carbocycles. The molecule has 1 aromatic carbocycles. The number of nitrogens with zero attached hydrogens (tertiary/aromatic N) is 4. The van der Waals surface area contributed by atoms with Crippen LogP contribution in [0.1, 0.15) is 30.8 Å². The number of carbonyl (C=O) groups excluding carboxylic acids is 1. The van der Waals surface area contributed by atoms with E-state index in [1.807, 2.05) is 59.5 Å². The molecule has 0 aliphatic rings. The number of carbonyl (C=O) groups is 1. The molecule has 0 fully saturated rings. The number of benzene rings is 1. The number of hydrogen-bond acceptors (Lipinski definition) is 6. The monoisotopic (exact) mass is 393 g/mol. The predicted molar refractivity (Wildman–Crippen MR) is 106 cm³/mol. The smallest absolute Gasteiger partial charge is 0.227 e. The van der Waals surface area contributed by atoms with E-state index in [2.05, 4.69) is 20.4 Å². The maximum absolute atomic E-state index is 12.3. The summed E-state index contributed by atoms with van der Waals surface area (Å²) in [5, 5.41) is 8.93. The van der Waals surface area contributed by atoms with Gasteiger partial charge in [0.15, 0.2) is 0 Å². The summed E-state index contributed by atoms with van der Waals surface area (Å²) < 4.78 is 7.17. The summed E-state index contributed by atoms with van der Waals surface area (Å²) in [5.74, 6) is 0.981. The average Bonchev–Trinajstić information content (AvgIpc) is 3.49. The van der Waals surface area contributed by atoms with Gasteiger partial charge in [-0.05, 0) is 36.1 Å². The zero-order valence-corrected chi connectivity index (χ0v) is 16.1. The van der Waals surface area contributed by atoms with E-state index in [9.17, 15) is 4.79 Å². The largest absolute Gasteiger partial charge is 0.350 e. The molecule has 0 aliphatic heterocycles. The zero-order valence-electron chi connectivity index (χ0n) is 15.3. The van der Waals surface area contributed by atoms with Crippen LogP contribution in [0.25, 0.3) is 16.4 Å². The lowest BCUT2D eigenvalue weighted by atomic mass is 10.1. The molecule has 1 amide bonds. The molecule has 3 aromatic heterocycles. The summed E-state index contributed by atoms with van der Waals surface area (Å²) in [5.41, 5.74) is 2.06. The van der Waals surface area contributed by atoms with E-state index in [-0.39, 0.29) is 11.9 Å². The second kappa shape index (κ2) is 8.18. The highest BCUT2D eigenvalue weighted by atomic mass is 32.1. The Morgan fingerprint density at radius 2 is 2.14 bits per heavy atom. The van der Waals surface area contributed by atoms with Gasteiger partial charge in [-0.25, -0.2) is 4.98 Å². The van der Waals surface area contributed by atoms with Crippen LogP contribution in [0.15, 0.2) is 65.0 Å². The van der Waals surface area contributed by atoms with E-state index in [4.69, 9.17) is 4.52 Å². The van der Waals surface area contributed by atoms with Gasteiger partial charge in [0.2, 0.25) is 17.6 Å². The fourth-order valence-electron chi connectivity index (χ4n) is 2.83. The molecule has 0 radical (unpaired) electrons. The van der Waals surface area contributed by atoms with Crippen LogP contribution in [-0.2, 0) is 11.2 Å². The van der Waals surface area contributed by atoms with Crippen molar-refractivity contribution in [1.29, 1.82) is 0 Å². The van der Waals surface area contributed by atoms with Gasteiger partial charge in [0.05, 0.1) is 17.2 Å². The maximum Gasteiger partial charge on any atom is 0.227 e. The molecule has 1 unspecified atom stereocenters. The third-order valence-electron chi connectivity index (χ3n) is 4.35. The number of thiophene rings is 1. The van der Waals surface area contributed by atoms with Crippen molar-refractivity contribution in [1.82, 2.24) is 25.0 Å². The fourth-order valence-corrected chi connectivity index (χ4v) is 3.48. The maximum atomic E-state index is 12.3. The second-order valence-electron chi connectivity index (χ2n) is 6.34. The SMILES string of the molecule is CC(NC(=O)CCc1nc(-c2cccs2)no1)c1ccc(-n2ccnc2)cc1. The van der Waals surface area contributed by atoms with E-state index in [0.29, 0.717) is 24.6 Å². The highest BCUT2D eigenvalue weighted by molar-refractivity contribution is 7.13. The van der Waals surface area contributed by atoms with Gasteiger partial charge < -0.3 is 14.4 Å². The summed E-state index contributed by atoms with van der Waals surface area (Å²) in [6.45, 7) is 1.96. The Morgan fingerprint density at radius 3 is 2.86 bits per heavy atom. The number of amides is 1. The van der Waals surface area contributed by atoms with Crippen molar-refractivity contribution in [2.24, 2.45) is 0 Å². The lowest BCUT2D eigenvalue weighted by Gasteiger charge is -2.14. The number of rotatable bonds is 7. The number of hydrogen-bond donors (Lipinski definition) is 1. The normalized spacial score (nSPS) is 12.0. The van der Waals surface area contributed by atoms with Crippen molar-refractivity contribution in [3.8, 4) is 16.4 Å². The number of aromatic nitrogens is 4. The number of aryl methyl sites for hydroxylation is 1. The van der Waals surface area contributed by atoms with Crippen LogP contribution in [0.2, 0.25) is 0 Å². The fraction of sp³-hybridized carbons (Fsp3) is 0.200. The van der Waals surface area contributed by atoms with E-state index >= 15 is 0 Å².